The number of nitrogens with zero attached hydrogens (tertiary/aromatic N) is 3. The number of hydrogen-bond donors (Lipinski definition) is 2. The van der Waals surface area contributed by atoms with E-state index in [-0.39, 0.29) is 6.09 Å². The van der Waals surface area contributed by atoms with Crippen molar-refractivity contribution in [2.24, 2.45) is 4.99 Å². The van der Waals surface area contributed by atoms with E-state index in [1.165, 1.54) is 5.01 Å². The van der Waals surface area contributed by atoms with Crippen LogP contribution >= 0.6 is 11.3 Å². The molecule has 0 bridgehead atoms. The van der Waals surface area contributed by atoms with Crippen molar-refractivity contribution in [3.63, 3.8) is 0 Å². The normalized spacial score (nSPS) is 15.7. The molecule has 0 aromatic carbocycles. The highest BCUT2D eigenvalue weighted by Gasteiger charge is 2.23. The van der Waals surface area contributed by atoms with Gasteiger partial charge in [-0.15, -0.1) is 11.3 Å². The number of aromatic nitrogens is 1. The molecular formula is C19H33N5O2S. The van der Waals surface area contributed by atoms with Crippen LogP contribution in [0.5, 0.6) is 0 Å². The van der Waals surface area contributed by atoms with Crippen LogP contribution in [0.4, 0.5) is 4.79 Å². The molecule has 27 heavy (non-hydrogen) atoms. The average molecular weight is 396 g/mol. The molecule has 1 fully saturated rings. The minimum atomic E-state index is -0.202. The number of aryl methyl sites for hydroxylation is 2. The smallest absolute Gasteiger partial charge is 0.409 e. The second kappa shape index (κ2) is 11.8. The third kappa shape index (κ3) is 7.74. The van der Waals surface area contributed by atoms with Crippen molar-refractivity contribution in [1.29, 1.82) is 0 Å². The number of thiazole rings is 1. The fourth-order valence-corrected chi connectivity index (χ4v) is 3.85. The number of guanidine groups is 1. The molecule has 0 saturated carbocycles. The number of unbranched alkanes of at least 4 members (excludes halogenated alkanes) is 1. The molecular weight excluding hydrogens is 362 g/mol. The lowest BCUT2D eigenvalue weighted by molar-refractivity contribution is 0.0963. The van der Waals surface area contributed by atoms with Crippen molar-refractivity contribution in [2.45, 2.75) is 58.9 Å². The highest BCUT2D eigenvalue weighted by Crippen LogP contribution is 2.13. The van der Waals surface area contributed by atoms with Gasteiger partial charge in [0.2, 0.25) is 0 Å². The lowest BCUT2D eigenvalue weighted by atomic mass is 10.1. The van der Waals surface area contributed by atoms with Gasteiger partial charge in [0.15, 0.2) is 5.96 Å². The summed E-state index contributed by atoms with van der Waals surface area (Å²) >= 11 is 1.74. The number of amides is 1. The maximum absolute atomic E-state index is 11.8. The number of piperidine rings is 1. The molecule has 2 rings (SSSR count). The van der Waals surface area contributed by atoms with Gasteiger partial charge in [-0.1, -0.05) is 0 Å². The molecule has 0 atom stereocenters. The van der Waals surface area contributed by atoms with Crippen LogP contribution in [0.15, 0.2) is 10.4 Å². The number of likely N-dealkylation sites (tertiary alicyclic amines) is 1. The second-order valence-electron chi connectivity index (χ2n) is 6.70. The van der Waals surface area contributed by atoms with Crippen molar-refractivity contribution in [3.8, 4) is 0 Å². The first-order valence-corrected chi connectivity index (χ1v) is 10.9. The summed E-state index contributed by atoms with van der Waals surface area (Å²) < 4.78 is 5.07. The lowest BCUT2D eigenvalue weighted by Gasteiger charge is -2.32. The lowest BCUT2D eigenvalue weighted by Crippen LogP contribution is -2.49. The van der Waals surface area contributed by atoms with Gasteiger partial charge in [0.1, 0.15) is 0 Å². The fourth-order valence-electron chi connectivity index (χ4n) is 3.03. The zero-order valence-corrected chi connectivity index (χ0v) is 17.6. The Morgan fingerprint density at radius 3 is 2.78 bits per heavy atom. The predicted molar refractivity (Wildman–Crippen MR) is 111 cm³/mol. The minimum Gasteiger partial charge on any atom is -0.450 e. The number of rotatable bonds is 8. The first-order chi connectivity index (χ1) is 13.1. The highest BCUT2D eigenvalue weighted by molar-refractivity contribution is 7.09. The van der Waals surface area contributed by atoms with Crippen molar-refractivity contribution < 1.29 is 9.53 Å². The molecule has 0 unspecified atom stereocenters. The fraction of sp³-hybridized carbons (Fsp3) is 0.737. The molecule has 1 saturated heterocycles. The molecule has 7 nitrogen and oxygen atoms in total. The monoisotopic (exact) mass is 395 g/mol. The van der Waals surface area contributed by atoms with Gasteiger partial charge in [0.25, 0.3) is 0 Å². The topological polar surface area (TPSA) is 78.9 Å². The predicted octanol–water partition coefficient (Wildman–Crippen LogP) is 2.95. The molecule has 1 aromatic heterocycles. The summed E-state index contributed by atoms with van der Waals surface area (Å²) in [6.45, 7) is 9.47. The van der Waals surface area contributed by atoms with Crippen molar-refractivity contribution in [1.82, 2.24) is 20.5 Å². The molecule has 2 heterocycles. The average Bonchev–Trinajstić information content (AvgIpc) is 3.07. The molecule has 0 radical (unpaired) electrons. The summed E-state index contributed by atoms with van der Waals surface area (Å²) in [5.74, 6) is 0.872. The number of aliphatic imine (C=N–C) groups is 1. The number of ether oxygens (including phenoxy) is 1. The summed E-state index contributed by atoms with van der Waals surface area (Å²) in [7, 11) is 0. The summed E-state index contributed by atoms with van der Waals surface area (Å²) in [5.41, 5.74) is 1.11. The first kappa shape index (κ1) is 21.5. The van der Waals surface area contributed by atoms with E-state index in [1.54, 1.807) is 16.2 Å². The number of carbonyl (C=O) groups excluding carboxylic acids is 1. The highest BCUT2D eigenvalue weighted by atomic mass is 32.1. The van der Waals surface area contributed by atoms with Crippen LogP contribution in [0.2, 0.25) is 0 Å². The molecule has 1 aromatic rings. The van der Waals surface area contributed by atoms with Gasteiger partial charge in [-0.05, 0) is 52.9 Å². The van der Waals surface area contributed by atoms with Gasteiger partial charge in [-0.25, -0.2) is 9.78 Å². The van der Waals surface area contributed by atoms with E-state index in [9.17, 15) is 4.79 Å². The Morgan fingerprint density at radius 2 is 2.15 bits per heavy atom. The van der Waals surface area contributed by atoms with Crippen LogP contribution in [0.25, 0.3) is 0 Å². The summed E-state index contributed by atoms with van der Waals surface area (Å²) in [6, 6.07) is 0.340. The molecule has 0 aliphatic carbocycles. The minimum absolute atomic E-state index is 0.202. The van der Waals surface area contributed by atoms with Gasteiger partial charge < -0.3 is 20.3 Å². The largest absolute Gasteiger partial charge is 0.450 e. The van der Waals surface area contributed by atoms with Crippen molar-refractivity contribution >= 4 is 23.4 Å². The molecule has 1 aliphatic rings. The van der Waals surface area contributed by atoms with Crippen LogP contribution in [0.3, 0.4) is 0 Å². The van der Waals surface area contributed by atoms with E-state index in [2.05, 4.69) is 27.9 Å². The Kier molecular flexibility index (Phi) is 9.38. The van der Waals surface area contributed by atoms with Crippen LogP contribution in [-0.4, -0.2) is 60.8 Å². The Balaban J connectivity index is 1.69. The molecule has 0 spiro atoms. The Labute approximate surface area is 166 Å². The van der Waals surface area contributed by atoms with Gasteiger partial charge >= 0.3 is 6.09 Å². The van der Waals surface area contributed by atoms with E-state index in [4.69, 9.17) is 9.73 Å². The number of nitrogens with one attached hydrogen (secondary N) is 2. The zero-order valence-electron chi connectivity index (χ0n) is 16.8. The summed E-state index contributed by atoms with van der Waals surface area (Å²) in [6.07, 6.45) is 4.81. The van der Waals surface area contributed by atoms with Crippen LogP contribution < -0.4 is 10.6 Å². The van der Waals surface area contributed by atoms with Crippen LogP contribution in [0, 0.1) is 6.92 Å². The van der Waals surface area contributed by atoms with Crippen molar-refractivity contribution in [2.75, 3.05) is 32.8 Å². The van der Waals surface area contributed by atoms with Gasteiger partial charge in [0, 0.05) is 43.3 Å². The molecule has 1 aliphatic heterocycles. The Morgan fingerprint density at radius 1 is 1.37 bits per heavy atom. The van der Waals surface area contributed by atoms with E-state index in [1.807, 2.05) is 13.8 Å². The Hall–Kier alpha value is -1.83. The van der Waals surface area contributed by atoms with Crippen molar-refractivity contribution in [3.05, 3.63) is 16.1 Å². The summed E-state index contributed by atoms with van der Waals surface area (Å²) in [4.78, 5) is 22.8. The Bertz CT molecular complexity index is 597. The van der Waals surface area contributed by atoms with E-state index in [0.717, 1.165) is 69.9 Å². The van der Waals surface area contributed by atoms with Gasteiger partial charge in [-0.3, -0.25) is 4.99 Å². The third-order valence-corrected chi connectivity index (χ3v) is 5.47. The van der Waals surface area contributed by atoms with Gasteiger partial charge in [0.05, 0.1) is 11.6 Å². The van der Waals surface area contributed by atoms with Crippen LogP contribution in [0.1, 0.15) is 50.2 Å². The third-order valence-electron chi connectivity index (χ3n) is 4.44. The number of carbonyl (C=O) groups is 1. The van der Waals surface area contributed by atoms with E-state index >= 15 is 0 Å². The number of hydrogen-bond acceptors (Lipinski definition) is 5. The van der Waals surface area contributed by atoms with E-state index in [0.29, 0.717) is 12.6 Å². The maximum Gasteiger partial charge on any atom is 0.409 e. The van der Waals surface area contributed by atoms with Crippen LogP contribution in [-0.2, 0) is 11.2 Å². The van der Waals surface area contributed by atoms with E-state index < -0.39 is 0 Å². The molecule has 8 heteroatoms. The summed E-state index contributed by atoms with van der Waals surface area (Å²) in [5, 5.41) is 10.2. The molecule has 1 amide bonds. The zero-order chi connectivity index (χ0) is 19.5. The standard InChI is InChI=1S/C19H33N5O2S/c1-4-20-18(21-11-7-6-8-17-22-15(3)14-27-17)23-16-9-12-24(13-10-16)19(25)26-5-2/h14,16H,4-13H2,1-3H3,(H2,20,21,23). The maximum atomic E-state index is 11.8. The molecule has 152 valence electrons. The quantitative estimate of drug-likeness (QED) is 0.402. The molecule has 2 N–H and O–H groups in total. The SMILES string of the molecule is CCNC(=NCCCCc1nc(C)cs1)NC1CCN(C(=O)OCC)CC1. The second-order valence-corrected chi connectivity index (χ2v) is 7.65. The first-order valence-electron chi connectivity index (χ1n) is 10.00. The van der Waals surface area contributed by atoms with Gasteiger partial charge in [-0.2, -0.15) is 0 Å².